The van der Waals surface area contributed by atoms with Crippen molar-refractivity contribution in [3.05, 3.63) is 52.5 Å². The van der Waals surface area contributed by atoms with Gasteiger partial charge in [0.25, 0.3) is 0 Å². The van der Waals surface area contributed by atoms with E-state index in [0.717, 1.165) is 61.2 Å². The largest absolute Gasteiger partial charge is 0.493 e. The number of nitrogens with zero attached hydrogens (tertiary/aromatic N) is 3. The molecule has 2 aromatic carbocycles. The zero-order valence-corrected chi connectivity index (χ0v) is 18.3. The minimum atomic E-state index is 0.182. The first-order chi connectivity index (χ1) is 14.6. The molecule has 4 rings (SSSR count). The van der Waals surface area contributed by atoms with Gasteiger partial charge in [-0.05, 0) is 41.8 Å². The summed E-state index contributed by atoms with van der Waals surface area (Å²) in [6.07, 6.45) is 0.835. The average Bonchev–Trinajstić information content (AvgIpc) is 2.78. The molecule has 0 saturated carbocycles. The van der Waals surface area contributed by atoms with Crippen LogP contribution in [0.15, 0.2) is 36.4 Å². The number of rotatable bonds is 5. The normalized spacial score (nSPS) is 16.9. The van der Waals surface area contributed by atoms with Gasteiger partial charge in [0.15, 0.2) is 11.5 Å². The van der Waals surface area contributed by atoms with Crippen LogP contribution in [0.25, 0.3) is 0 Å². The molecule has 1 amide bonds. The number of carbonyl (C=O) groups excluding carboxylic acids is 1. The second kappa shape index (κ2) is 9.14. The molecule has 2 aromatic rings. The number of hydrogen-bond acceptors (Lipinski definition) is 5. The summed E-state index contributed by atoms with van der Waals surface area (Å²) in [7, 11) is 3.28. The number of benzene rings is 2. The maximum absolute atomic E-state index is 13.0. The summed E-state index contributed by atoms with van der Waals surface area (Å²) < 4.78 is 10.8. The molecule has 0 N–H and O–H groups in total. The highest BCUT2D eigenvalue weighted by Crippen LogP contribution is 2.33. The van der Waals surface area contributed by atoms with Crippen LogP contribution >= 0.6 is 11.6 Å². The lowest BCUT2D eigenvalue weighted by molar-refractivity contribution is -0.133. The van der Waals surface area contributed by atoms with E-state index in [4.69, 9.17) is 21.1 Å². The zero-order chi connectivity index (χ0) is 21.1. The van der Waals surface area contributed by atoms with Crippen LogP contribution in [0.4, 0.5) is 5.69 Å². The van der Waals surface area contributed by atoms with Crippen molar-refractivity contribution in [1.82, 2.24) is 9.80 Å². The van der Waals surface area contributed by atoms with Crippen molar-refractivity contribution in [2.45, 2.75) is 13.0 Å². The van der Waals surface area contributed by atoms with E-state index in [1.807, 2.05) is 35.2 Å². The van der Waals surface area contributed by atoms with E-state index in [0.29, 0.717) is 18.8 Å². The molecule has 2 aliphatic heterocycles. The Morgan fingerprint density at radius 2 is 1.63 bits per heavy atom. The Labute approximate surface area is 182 Å². The summed E-state index contributed by atoms with van der Waals surface area (Å²) in [5.41, 5.74) is 3.43. The molecule has 160 valence electrons. The fourth-order valence-corrected chi connectivity index (χ4v) is 4.50. The number of anilines is 1. The molecule has 0 radical (unpaired) electrons. The molecule has 0 unspecified atom stereocenters. The molecule has 0 bridgehead atoms. The second-order valence-electron chi connectivity index (χ2n) is 7.76. The summed E-state index contributed by atoms with van der Waals surface area (Å²) in [6.45, 7) is 5.26. The van der Waals surface area contributed by atoms with Crippen LogP contribution in [0.2, 0.25) is 5.02 Å². The van der Waals surface area contributed by atoms with Gasteiger partial charge in [-0.3, -0.25) is 9.69 Å². The highest BCUT2D eigenvalue weighted by molar-refractivity contribution is 6.33. The number of piperazine rings is 1. The van der Waals surface area contributed by atoms with Gasteiger partial charge in [0.1, 0.15) is 0 Å². The quantitative estimate of drug-likeness (QED) is 0.731. The molecule has 1 fully saturated rings. The van der Waals surface area contributed by atoms with Crippen LogP contribution in [-0.4, -0.2) is 69.2 Å². The Kier molecular flexibility index (Phi) is 6.35. The number of carbonyl (C=O) groups is 1. The van der Waals surface area contributed by atoms with Gasteiger partial charge in [-0.2, -0.15) is 0 Å². The molecule has 0 atom stereocenters. The van der Waals surface area contributed by atoms with Crippen LogP contribution in [0, 0.1) is 0 Å². The molecule has 2 aliphatic rings. The number of ether oxygens (including phenoxy) is 2. The fourth-order valence-electron chi connectivity index (χ4n) is 4.24. The maximum Gasteiger partial charge on any atom is 0.237 e. The van der Waals surface area contributed by atoms with Crippen molar-refractivity contribution < 1.29 is 14.3 Å². The Hall–Kier alpha value is -2.44. The van der Waals surface area contributed by atoms with E-state index in [1.54, 1.807) is 14.2 Å². The lowest BCUT2D eigenvalue weighted by atomic mass is 9.98. The number of hydrogen-bond donors (Lipinski definition) is 0. The highest BCUT2D eigenvalue weighted by Gasteiger charge is 2.26. The fraction of sp³-hybridized carbons (Fsp3) is 0.435. The van der Waals surface area contributed by atoms with E-state index < -0.39 is 0 Å². The average molecular weight is 430 g/mol. The van der Waals surface area contributed by atoms with Crippen LogP contribution in [-0.2, 0) is 17.8 Å². The maximum atomic E-state index is 13.0. The van der Waals surface area contributed by atoms with Crippen molar-refractivity contribution in [2.24, 2.45) is 0 Å². The predicted octanol–water partition coefficient (Wildman–Crippen LogP) is 3.06. The summed E-state index contributed by atoms with van der Waals surface area (Å²) in [4.78, 5) is 19.4. The number of amides is 1. The van der Waals surface area contributed by atoms with Gasteiger partial charge in [0.05, 0.1) is 31.5 Å². The third-order valence-electron chi connectivity index (χ3n) is 6.00. The molecule has 6 nitrogen and oxygen atoms in total. The van der Waals surface area contributed by atoms with Gasteiger partial charge in [0, 0.05) is 39.3 Å². The molecular weight excluding hydrogens is 402 g/mol. The Morgan fingerprint density at radius 1 is 0.967 bits per heavy atom. The van der Waals surface area contributed by atoms with Crippen LogP contribution < -0.4 is 14.4 Å². The number of para-hydroxylation sites is 1. The smallest absolute Gasteiger partial charge is 0.237 e. The van der Waals surface area contributed by atoms with Gasteiger partial charge in [-0.25, -0.2) is 0 Å². The van der Waals surface area contributed by atoms with Crippen molar-refractivity contribution in [3.63, 3.8) is 0 Å². The van der Waals surface area contributed by atoms with Gasteiger partial charge in [-0.1, -0.05) is 23.7 Å². The topological polar surface area (TPSA) is 45.3 Å². The first-order valence-corrected chi connectivity index (χ1v) is 10.7. The first kappa shape index (κ1) is 20.8. The van der Waals surface area contributed by atoms with Gasteiger partial charge in [-0.15, -0.1) is 0 Å². The molecule has 0 aliphatic carbocycles. The lowest BCUT2D eigenvalue weighted by Crippen LogP contribution is -2.50. The van der Waals surface area contributed by atoms with Gasteiger partial charge >= 0.3 is 0 Å². The van der Waals surface area contributed by atoms with Crippen LogP contribution in [0.3, 0.4) is 0 Å². The number of halogens is 1. The summed E-state index contributed by atoms with van der Waals surface area (Å²) in [5.74, 6) is 1.63. The Bertz CT molecular complexity index is 913. The van der Waals surface area contributed by atoms with Crippen LogP contribution in [0.1, 0.15) is 11.1 Å². The molecule has 30 heavy (non-hydrogen) atoms. The Morgan fingerprint density at radius 3 is 2.30 bits per heavy atom. The van der Waals surface area contributed by atoms with Crippen molar-refractivity contribution >= 4 is 23.2 Å². The van der Waals surface area contributed by atoms with Crippen LogP contribution in [0.5, 0.6) is 11.5 Å². The first-order valence-electron chi connectivity index (χ1n) is 10.3. The highest BCUT2D eigenvalue weighted by atomic mass is 35.5. The van der Waals surface area contributed by atoms with Crippen molar-refractivity contribution in [2.75, 3.05) is 58.4 Å². The lowest BCUT2D eigenvalue weighted by Gasteiger charge is -2.37. The van der Waals surface area contributed by atoms with Crippen molar-refractivity contribution in [3.8, 4) is 11.5 Å². The summed E-state index contributed by atoms with van der Waals surface area (Å²) in [5, 5.41) is 0.779. The van der Waals surface area contributed by atoms with E-state index in [2.05, 4.69) is 15.9 Å². The molecule has 1 saturated heterocycles. The summed E-state index contributed by atoms with van der Waals surface area (Å²) in [6, 6.07) is 12.0. The zero-order valence-electron chi connectivity index (χ0n) is 17.6. The molecular formula is C23H28ClN3O3. The Balaban J connectivity index is 1.34. The van der Waals surface area contributed by atoms with Gasteiger partial charge < -0.3 is 19.3 Å². The number of fused-ring (bicyclic) bond motifs is 1. The van der Waals surface area contributed by atoms with Crippen molar-refractivity contribution in [1.29, 1.82) is 0 Å². The third-order valence-corrected chi connectivity index (χ3v) is 6.31. The van der Waals surface area contributed by atoms with E-state index in [-0.39, 0.29) is 5.91 Å². The van der Waals surface area contributed by atoms with E-state index >= 15 is 0 Å². The summed E-state index contributed by atoms with van der Waals surface area (Å²) >= 11 is 6.33. The molecule has 0 spiro atoms. The SMILES string of the molecule is COc1cc2c(cc1OC)CN(C(=O)CN1CCN(c3ccccc3Cl)CC1)CC2. The standard InChI is InChI=1S/C23H28ClN3O3/c1-29-21-13-17-7-8-27(15-18(17)14-22(21)30-2)23(28)16-25-9-11-26(12-10-25)20-6-4-3-5-19(20)24/h3-6,13-14H,7-12,15-16H2,1-2H3. The van der Waals surface area contributed by atoms with Gasteiger partial charge in [0.2, 0.25) is 5.91 Å². The monoisotopic (exact) mass is 429 g/mol. The molecule has 2 heterocycles. The van der Waals surface area contributed by atoms with E-state index in [1.165, 1.54) is 5.56 Å². The number of methoxy groups -OCH3 is 2. The minimum absolute atomic E-state index is 0.182. The molecule has 7 heteroatoms. The molecule has 0 aromatic heterocycles. The van der Waals surface area contributed by atoms with E-state index in [9.17, 15) is 4.79 Å². The minimum Gasteiger partial charge on any atom is -0.493 e. The third kappa shape index (κ3) is 4.35. The second-order valence-corrected chi connectivity index (χ2v) is 8.16. The predicted molar refractivity (Wildman–Crippen MR) is 119 cm³/mol.